The second kappa shape index (κ2) is 6.60. The van der Waals surface area contributed by atoms with E-state index in [-0.39, 0.29) is 6.61 Å². The molecule has 7 heteroatoms. The highest BCUT2D eigenvalue weighted by molar-refractivity contribution is 5.89. The van der Waals surface area contributed by atoms with Crippen molar-refractivity contribution in [3.63, 3.8) is 0 Å². The normalized spacial score (nSPS) is 11.6. The van der Waals surface area contributed by atoms with Gasteiger partial charge in [0.25, 0.3) is 0 Å². The Morgan fingerprint density at radius 3 is 2.68 bits per heavy atom. The van der Waals surface area contributed by atoms with Crippen LogP contribution in [-0.4, -0.2) is 41.1 Å². The summed E-state index contributed by atoms with van der Waals surface area (Å²) < 4.78 is 3.55. The molecular weight excluding hydrogens is 316 g/mol. The number of benzene rings is 1. The van der Waals surface area contributed by atoms with Crippen molar-refractivity contribution in [1.82, 2.24) is 29.4 Å². The van der Waals surface area contributed by atoms with E-state index in [1.54, 1.807) is 4.68 Å². The average Bonchev–Trinajstić information content (AvgIpc) is 3.24. The third kappa shape index (κ3) is 2.87. The first-order chi connectivity index (χ1) is 12.3. The summed E-state index contributed by atoms with van der Waals surface area (Å²) in [4.78, 5) is 9.45. The van der Waals surface area contributed by atoms with Crippen molar-refractivity contribution < 1.29 is 5.11 Å². The first-order valence-corrected chi connectivity index (χ1v) is 8.59. The van der Waals surface area contributed by atoms with Gasteiger partial charge in [-0.05, 0) is 6.42 Å². The Labute approximate surface area is 145 Å². The molecule has 1 N–H and O–H groups in total. The van der Waals surface area contributed by atoms with Crippen molar-refractivity contribution in [2.24, 2.45) is 0 Å². The molecule has 0 radical (unpaired) electrons. The highest BCUT2D eigenvalue weighted by atomic mass is 16.3. The minimum Gasteiger partial charge on any atom is -0.394 e. The number of unbranched alkanes of at least 4 members (excludes halogenated alkanes) is 1. The van der Waals surface area contributed by atoms with Gasteiger partial charge >= 0.3 is 0 Å². The molecule has 0 unspecified atom stereocenters. The fourth-order valence-corrected chi connectivity index (χ4v) is 2.91. The lowest BCUT2D eigenvalue weighted by atomic mass is 10.2. The van der Waals surface area contributed by atoms with Gasteiger partial charge in [-0.2, -0.15) is 9.61 Å². The summed E-state index contributed by atoms with van der Waals surface area (Å²) in [6.45, 7) is 2.63. The van der Waals surface area contributed by atoms with Crippen LogP contribution in [0.15, 0.2) is 36.5 Å². The van der Waals surface area contributed by atoms with E-state index < -0.39 is 0 Å². The maximum atomic E-state index is 9.17. The van der Waals surface area contributed by atoms with E-state index in [1.165, 1.54) is 0 Å². The number of aliphatic hydroxyl groups excluding tert-OH is 1. The summed E-state index contributed by atoms with van der Waals surface area (Å²) in [6, 6.07) is 9.93. The van der Waals surface area contributed by atoms with Gasteiger partial charge in [0.2, 0.25) is 0 Å². The number of aryl methyl sites for hydroxylation is 1. The number of aromatic nitrogens is 6. The quantitative estimate of drug-likeness (QED) is 0.585. The molecular formula is C18H20N6O. The lowest BCUT2D eigenvalue weighted by Gasteiger charge is -2.02. The van der Waals surface area contributed by atoms with Crippen LogP contribution < -0.4 is 0 Å². The summed E-state index contributed by atoms with van der Waals surface area (Å²) in [7, 11) is 0. The third-order valence-electron chi connectivity index (χ3n) is 4.18. The number of rotatable bonds is 6. The Hall–Kier alpha value is -2.80. The second-order valence-corrected chi connectivity index (χ2v) is 6.02. The van der Waals surface area contributed by atoms with Crippen LogP contribution in [0.25, 0.3) is 28.1 Å². The van der Waals surface area contributed by atoms with Gasteiger partial charge in [-0.15, -0.1) is 5.10 Å². The van der Waals surface area contributed by atoms with E-state index in [0.29, 0.717) is 18.0 Å². The highest BCUT2D eigenvalue weighted by Gasteiger charge is 2.16. The fourth-order valence-electron chi connectivity index (χ4n) is 2.91. The molecule has 0 amide bonds. The molecule has 0 saturated carbocycles. The van der Waals surface area contributed by atoms with E-state index in [0.717, 1.165) is 41.7 Å². The molecule has 0 saturated heterocycles. The van der Waals surface area contributed by atoms with Crippen LogP contribution in [0.5, 0.6) is 0 Å². The molecule has 0 spiro atoms. The zero-order valence-electron chi connectivity index (χ0n) is 14.1. The largest absolute Gasteiger partial charge is 0.394 e. The predicted molar refractivity (Wildman–Crippen MR) is 95.2 cm³/mol. The maximum absolute atomic E-state index is 9.17. The van der Waals surface area contributed by atoms with Gasteiger partial charge in [0, 0.05) is 18.2 Å². The van der Waals surface area contributed by atoms with Crippen LogP contribution in [0, 0.1) is 0 Å². The standard InChI is InChI=1S/C18H20N6O/c1-2-3-9-15-19-17-14(12-23(21-17)10-11-25)18-20-16(22-24(15)18)13-7-5-4-6-8-13/h4-8,12,25H,2-3,9-11H2,1H3. The summed E-state index contributed by atoms with van der Waals surface area (Å²) in [6.07, 6.45) is 4.82. The lowest BCUT2D eigenvalue weighted by molar-refractivity contribution is 0.270. The zero-order chi connectivity index (χ0) is 17.2. The van der Waals surface area contributed by atoms with Crippen LogP contribution in [0.4, 0.5) is 0 Å². The SMILES string of the molecule is CCCCc1nc2nn(CCO)cc2c2nc(-c3ccccc3)nn12. The number of aliphatic hydroxyl groups is 1. The molecule has 0 aliphatic heterocycles. The van der Waals surface area contributed by atoms with Crippen LogP contribution in [0.3, 0.4) is 0 Å². The van der Waals surface area contributed by atoms with Crippen molar-refractivity contribution >= 4 is 16.7 Å². The van der Waals surface area contributed by atoms with E-state index >= 15 is 0 Å². The molecule has 3 aromatic heterocycles. The van der Waals surface area contributed by atoms with E-state index in [1.807, 2.05) is 41.0 Å². The summed E-state index contributed by atoms with van der Waals surface area (Å²) in [5, 5.41) is 19.2. The van der Waals surface area contributed by atoms with Gasteiger partial charge in [-0.3, -0.25) is 4.68 Å². The molecule has 1 aromatic carbocycles. The molecule has 7 nitrogen and oxygen atoms in total. The van der Waals surface area contributed by atoms with E-state index in [2.05, 4.69) is 12.0 Å². The number of fused-ring (bicyclic) bond motifs is 3. The minimum absolute atomic E-state index is 0.0366. The van der Waals surface area contributed by atoms with Gasteiger partial charge in [0.05, 0.1) is 18.5 Å². The molecule has 0 aliphatic rings. The summed E-state index contributed by atoms with van der Waals surface area (Å²) in [5.74, 6) is 1.55. The van der Waals surface area contributed by atoms with Crippen LogP contribution in [0.2, 0.25) is 0 Å². The van der Waals surface area contributed by atoms with Crippen molar-refractivity contribution in [1.29, 1.82) is 0 Å². The molecule has 0 bridgehead atoms. The summed E-state index contributed by atoms with van der Waals surface area (Å²) in [5.41, 5.74) is 2.39. The Balaban J connectivity index is 1.93. The first-order valence-electron chi connectivity index (χ1n) is 8.59. The predicted octanol–water partition coefficient (Wildman–Crippen LogP) is 2.48. The van der Waals surface area contributed by atoms with Crippen molar-refractivity contribution in [3.05, 3.63) is 42.4 Å². The summed E-state index contributed by atoms with van der Waals surface area (Å²) >= 11 is 0. The first kappa shape index (κ1) is 15.7. The zero-order valence-corrected chi connectivity index (χ0v) is 14.1. The Morgan fingerprint density at radius 2 is 1.92 bits per heavy atom. The average molecular weight is 336 g/mol. The van der Waals surface area contributed by atoms with Crippen LogP contribution >= 0.6 is 0 Å². The smallest absolute Gasteiger partial charge is 0.186 e. The number of hydrogen-bond acceptors (Lipinski definition) is 5. The van der Waals surface area contributed by atoms with Crippen molar-refractivity contribution in [2.75, 3.05) is 6.61 Å². The van der Waals surface area contributed by atoms with E-state index in [4.69, 9.17) is 20.2 Å². The van der Waals surface area contributed by atoms with Gasteiger partial charge in [0.15, 0.2) is 17.1 Å². The Morgan fingerprint density at radius 1 is 1.08 bits per heavy atom. The number of nitrogens with zero attached hydrogens (tertiary/aromatic N) is 6. The molecule has 3 heterocycles. The van der Waals surface area contributed by atoms with Crippen molar-refractivity contribution in [3.8, 4) is 11.4 Å². The third-order valence-corrected chi connectivity index (χ3v) is 4.18. The molecule has 4 aromatic rings. The molecule has 0 fully saturated rings. The topological polar surface area (TPSA) is 81.1 Å². The van der Waals surface area contributed by atoms with Crippen LogP contribution in [-0.2, 0) is 13.0 Å². The van der Waals surface area contributed by atoms with Gasteiger partial charge in [-0.1, -0.05) is 43.7 Å². The van der Waals surface area contributed by atoms with Gasteiger partial charge < -0.3 is 5.11 Å². The monoisotopic (exact) mass is 336 g/mol. The molecule has 128 valence electrons. The lowest BCUT2D eigenvalue weighted by Crippen LogP contribution is -2.04. The second-order valence-electron chi connectivity index (χ2n) is 6.02. The van der Waals surface area contributed by atoms with Gasteiger partial charge in [-0.25, -0.2) is 9.97 Å². The maximum Gasteiger partial charge on any atom is 0.186 e. The molecule has 0 atom stereocenters. The van der Waals surface area contributed by atoms with Gasteiger partial charge in [0.1, 0.15) is 5.82 Å². The minimum atomic E-state index is 0.0366. The highest BCUT2D eigenvalue weighted by Crippen LogP contribution is 2.22. The Kier molecular flexibility index (Phi) is 4.15. The Bertz CT molecular complexity index is 1000. The number of hydrogen-bond donors (Lipinski definition) is 1. The molecule has 0 aliphatic carbocycles. The fraction of sp³-hybridized carbons (Fsp3) is 0.333. The van der Waals surface area contributed by atoms with Crippen LogP contribution in [0.1, 0.15) is 25.6 Å². The van der Waals surface area contributed by atoms with E-state index in [9.17, 15) is 0 Å². The van der Waals surface area contributed by atoms with Crippen molar-refractivity contribution in [2.45, 2.75) is 32.7 Å². The molecule has 25 heavy (non-hydrogen) atoms. The molecule has 4 rings (SSSR count).